The van der Waals surface area contributed by atoms with Crippen molar-refractivity contribution in [3.63, 3.8) is 0 Å². The van der Waals surface area contributed by atoms with Gasteiger partial charge >= 0.3 is 23.9 Å². The molecule has 6 N–H and O–H groups in total. The van der Waals surface area contributed by atoms with Crippen molar-refractivity contribution in [2.24, 2.45) is 0 Å². The molecular weight excluding hydrogens is 368 g/mol. The summed E-state index contributed by atoms with van der Waals surface area (Å²) in [5.74, 6) is -10.2. The number of rotatable bonds is 5. The largest absolute Gasteiger partial charge is 0.507 e. The minimum Gasteiger partial charge on any atom is -0.507 e. The van der Waals surface area contributed by atoms with E-state index in [0.717, 1.165) is 12.1 Å². The molecule has 0 aliphatic carbocycles. The number of phenolic OH excluding ortho intramolecular Hbond substituents is 1. The maximum atomic E-state index is 12.3. The van der Waals surface area contributed by atoms with Gasteiger partial charge in [0.25, 0.3) is 0 Å². The van der Waals surface area contributed by atoms with E-state index < -0.39 is 69.1 Å². The Kier molecular flexibility index (Phi) is 4.88. The summed E-state index contributed by atoms with van der Waals surface area (Å²) in [6.45, 7) is 0. The van der Waals surface area contributed by atoms with Gasteiger partial charge in [-0.2, -0.15) is 0 Å². The van der Waals surface area contributed by atoms with E-state index >= 15 is 0 Å². The molecule has 0 aromatic heterocycles. The second-order valence-electron chi connectivity index (χ2n) is 5.02. The highest BCUT2D eigenvalue weighted by Crippen LogP contribution is 2.33. The zero-order chi connectivity index (χ0) is 20.5. The molecule has 0 aliphatic heterocycles. The summed E-state index contributed by atoms with van der Waals surface area (Å²) < 4.78 is 4.73. The van der Waals surface area contributed by atoms with Crippen LogP contribution in [-0.4, -0.2) is 54.5 Å². The number of carbonyl (C=O) groups is 4. The summed E-state index contributed by atoms with van der Waals surface area (Å²) in [5, 5.41) is 56.1. The molecule has 0 heterocycles. The lowest BCUT2D eigenvalue weighted by atomic mass is 10.0. The first-order valence-electron chi connectivity index (χ1n) is 6.88. The third kappa shape index (κ3) is 3.56. The number of aromatic carboxylic acids is 3. The molecule has 140 valence electrons. The summed E-state index contributed by atoms with van der Waals surface area (Å²) in [4.78, 5) is 45.7. The zero-order valence-electron chi connectivity index (χ0n) is 13.0. The fraction of sp³-hybridized carbons (Fsp3) is 0. The summed E-state index contributed by atoms with van der Waals surface area (Å²) in [6, 6.07) is 2.68. The molecule has 11 heteroatoms. The third-order valence-corrected chi connectivity index (χ3v) is 3.34. The van der Waals surface area contributed by atoms with Crippen LogP contribution in [0.2, 0.25) is 0 Å². The second-order valence-corrected chi connectivity index (χ2v) is 5.02. The van der Waals surface area contributed by atoms with Crippen molar-refractivity contribution >= 4 is 23.9 Å². The molecule has 0 aliphatic rings. The van der Waals surface area contributed by atoms with Gasteiger partial charge in [-0.25, -0.2) is 19.2 Å². The fourth-order valence-electron chi connectivity index (χ4n) is 2.15. The van der Waals surface area contributed by atoms with E-state index in [1.54, 1.807) is 0 Å². The predicted octanol–water partition coefficient (Wildman–Crippen LogP) is 1.12. The van der Waals surface area contributed by atoms with Crippen LogP contribution in [0.5, 0.6) is 23.0 Å². The maximum absolute atomic E-state index is 12.3. The van der Waals surface area contributed by atoms with Crippen molar-refractivity contribution in [3.8, 4) is 23.0 Å². The number of carboxylic acid groups (broad SMARTS) is 3. The quantitative estimate of drug-likeness (QED) is 0.247. The van der Waals surface area contributed by atoms with Gasteiger partial charge in [-0.15, -0.1) is 0 Å². The Labute approximate surface area is 148 Å². The number of hydrogen-bond donors (Lipinski definition) is 6. The Morgan fingerprint density at radius 1 is 0.667 bits per heavy atom. The van der Waals surface area contributed by atoms with Gasteiger partial charge in [0.1, 0.15) is 45.3 Å². The molecule has 0 spiro atoms. The molecule has 2 aromatic carbocycles. The molecule has 0 atom stereocenters. The first-order valence-corrected chi connectivity index (χ1v) is 6.88. The molecule has 0 saturated heterocycles. The molecule has 2 rings (SSSR count). The zero-order valence-corrected chi connectivity index (χ0v) is 13.0. The topological polar surface area (TPSA) is 199 Å². The van der Waals surface area contributed by atoms with Crippen LogP contribution < -0.4 is 4.74 Å². The van der Waals surface area contributed by atoms with E-state index in [-0.39, 0.29) is 0 Å². The van der Waals surface area contributed by atoms with E-state index in [9.17, 15) is 34.5 Å². The fourth-order valence-corrected chi connectivity index (χ4v) is 2.15. The van der Waals surface area contributed by atoms with Crippen molar-refractivity contribution in [2.45, 2.75) is 0 Å². The van der Waals surface area contributed by atoms with Crippen molar-refractivity contribution in [3.05, 3.63) is 46.5 Å². The van der Waals surface area contributed by atoms with E-state index in [0.29, 0.717) is 12.1 Å². The van der Waals surface area contributed by atoms with Gasteiger partial charge in [0, 0.05) is 6.07 Å². The molecule has 0 bridgehead atoms. The van der Waals surface area contributed by atoms with Crippen LogP contribution in [0, 0.1) is 0 Å². The normalized spacial score (nSPS) is 10.2. The molecular formula is C16H10O11. The highest BCUT2D eigenvalue weighted by molar-refractivity contribution is 6.07. The van der Waals surface area contributed by atoms with Crippen LogP contribution in [0.4, 0.5) is 0 Å². The van der Waals surface area contributed by atoms with E-state index in [1.165, 1.54) is 0 Å². The Hall–Kier alpha value is -4.28. The van der Waals surface area contributed by atoms with Crippen LogP contribution in [0.1, 0.15) is 41.4 Å². The van der Waals surface area contributed by atoms with Gasteiger partial charge in [0.15, 0.2) is 0 Å². The first kappa shape index (κ1) is 19.1. The van der Waals surface area contributed by atoms with Crippen LogP contribution in [-0.2, 0) is 0 Å². The average molecular weight is 378 g/mol. The highest BCUT2D eigenvalue weighted by atomic mass is 16.5. The first-order chi connectivity index (χ1) is 12.5. The van der Waals surface area contributed by atoms with Gasteiger partial charge in [-0.3, -0.25) is 0 Å². The van der Waals surface area contributed by atoms with Crippen molar-refractivity contribution < 1.29 is 54.6 Å². The van der Waals surface area contributed by atoms with E-state index in [2.05, 4.69) is 0 Å². The predicted molar refractivity (Wildman–Crippen MR) is 83.7 cm³/mol. The Balaban J connectivity index is 2.59. The summed E-state index contributed by atoms with van der Waals surface area (Å²) in [6.07, 6.45) is 0. The molecule has 0 saturated carbocycles. The molecule has 27 heavy (non-hydrogen) atoms. The molecule has 11 nitrogen and oxygen atoms in total. The lowest BCUT2D eigenvalue weighted by Crippen LogP contribution is -2.16. The lowest BCUT2D eigenvalue weighted by Gasteiger charge is -2.12. The number of phenols is 3. The number of aromatic hydroxyl groups is 3. The van der Waals surface area contributed by atoms with Crippen LogP contribution >= 0.6 is 0 Å². The van der Waals surface area contributed by atoms with Crippen LogP contribution in [0.15, 0.2) is 24.3 Å². The lowest BCUT2D eigenvalue weighted by molar-refractivity contribution is 0.0647. The summed E-state index contributed by atoms with van der Waals surface area (Å²) in [5.41, 5.74) is -3.57. The SMILES string of the molecule is O=C(O)c1cc(C(=O)O)c(OC(=O)c2c(O)ccc(O)c2C(=O)O)cc1O. The third-order valence-electron chi connectivity index (χ3n) is 3.34. The van der Waals surface area contributed by atoms with Crippen LogP contribution in [0.3, 0.4) is 0 Å². The van der Waals surface area contributed by atoms with Crippen molar-refractivity contribution in [1.29, 1.82) is 0 Å². The van der Waals surface area contributed by atoms with Gasteiger partial charge in [-0.05, 0) is 18.2 Å². The molecule has 0 radical (unpaired) electrons. The summed E-state index contributed by atoms with van der Waals surface area (Å²) >= 11 is 0. The number of ether oxygens (including phenoxy) is 1. The molecule has 2 aromatic rings. The minimum absolute atomic E-state index is 0.531. The number of benzene rings is 2. The molecule has 0 fully saturated rings. The van der Waals surface area contributed by atoms with Gasteiger partial charge in [0.2, 0.25) is 0 Å². The number of esters is 1. The monoisotopic (exact) mass is 378 g/mol. The van der Waals surface area contributed by atoms with Crippen LogP contribution in [0.25, 0.3) is 0 Å². The number of hydrogen-bond acceptors (Lipinski definition) is 8. The Bertz CT molecular complexity index is 990. The van der Waals surface area contributed by atoms with Crippen molar-refractivity contribution in [2.75, 3.05) is 0 Å². The van der Waals surface area contributed by atoms with Crippen molar-refractivity contribution in [1.82, 2.24) is 0 Å². The molecule has 0 amide bonds. The standard InChI is InChI=1S/C16H10O11/c17-7-1-2-8(18)12(11(7)15(24)25)16(26)27-10-4-9(19)5(13(20)21)3-6(10)14(22)23/h1-4,17-19H,(H,20,21)(H,22,23)(H,24,25). The van der Waals surface area contributed by atoms with E-state index in [4.69, 9.17) is 20.1 Å². The average Bonchev–Trinajstić information content (AvgIpc) is 2.55. The second kappa shape index (κ2) is 6.92. The molecule has 0 unspecified atom stereocenters. The smallest absolute Gasteiger partial charge is 0.348 e. The van der Waals surface area contributed by atoms with Gasteiger partial charge in [-0.1, -0.05) is 0 Å². The Morgan fingerprint density at radius 3 is 1.67 bits per heavy atom. The minimum atomic E-state index is -1.78. The van der Waals surface area contributed by atoms with Gasteiger partial charge < -0.3 is 35.4 Å². The summed E-state index contributed by atoms with van der Waals surface area (Å²) in [7, 11) is 0. The van der Waals surface area contributed by atoms with Gasteiger partial charge in [0.05, 0.1) is 0 Å². The Morgan fingerprint density at radius 2 is 1.19 bits per heavy atom. The number of carbonyl (C=O) groups excluding carboxylic acids is 1. The highest BCUT2D eigenvalue weighted by Gasteiger charge is 2.28. The maximum Gasteiger partial charge on any atom is 0.348 e. The van der Waals surface area contributed by atoms with E-state index in [1.807, 2.05) is 0 Å². The number of carboxylic acids is 3.